The summed E-state index contributed by atoms with van der Waals surface area (Å²) in [6.07, 6.45) is -2.92. The molecule has 0 bridgehead atoms. The molecule has 2 atom stereocenters. The Morgan fingerprint density at radius 1 is 0.936 bits per heavy atom. The molecule has 1 heterocycles. The van der Waals surface area contributed by atoms with Crippen molar-refractivity contribution in [3.8, 4) is 22.6 Å². The molecule has 6 rings (SSSR count). The second-order valence-corrected chi connectivity index (χ2v) is 13.8. The Labute approximate surface area is 272 Å². The highest BCUT2D eigenvalue weighted by atomic mass is 32.2. The molecule has 1 fully saturated rings. The number of para-hydroxylation sites is 2. The van der Waals surface area contributed by atoms with Crippen molar-refractivity contribution in [2.24, 2.45) is 5.73 Å². The third kappa shape index (κ3) is 6.34. The Morgan fingerprint density at radius 2 is 1.64 bits per heavy atom. The molecule has 4 aromatic carbocycles. The van der Waals surface area contributed by atoms with E-state index in [2.05, 4.69) is 0 Å². The van der Waals surface area contributed by atoms with Gasteiger partial charge in [0.2, 0.25) is 15.7 Å². The van der Waals surface area contributed by atoms with Crippen LogP contribution in [0.1, 0.15) is 49.7 Å². The maximum Gasteiger partial charge on any atom is 0.406 e. The number of hydrogen-bond donors (Lipinski definition) is 1. The van der Waals surface area contributed by atoms with Gasteiger partial charge in [-0.05, 0) is 66.3 Å². The van der Waals surface area contributed by atoms with Crippen molar-refractivity contribution in [3.63, 3.8) is 0 Å². The smallest absolute Gasteiger partial charge is 0.406 e. The van der Waals surface area contributed by atoms with Crippen LogP contribution in [0.2, 0.25) is 0 Å². The van der Waals surface area contributed by atoms with Crippen molar-refractivity contribution in [2.45, 2.75) is 60.7 Å². The van der Waals surface area contributed by atoms with Crippen LogP contribution in [0.25, 0.3) is 11.1 Å². The molecule has 0 saturated carbocycles. The zero-order valence-corrected chi connectivity index (χ0v) is 26.7. The predicted molar refractivity (Wildman–Crippen MR) is 174 cm³/mol. The van der Waals surface area contributed by atoms with E-state index in [0.717, 1.165) is 4.90 Å². The van der Waals surface area contributed by atoms with Gasteiger partial charge in [-0.15, -0.1) is 0 Å². The predicted octanol–water partition coefficient (Wildman–Crippen LogP) is 7.50. The average molecular weight is 664 g/mol. The van der Waals surface area contributed by atoms with E-state index in [4.69, 9.17) is 10.5 Å². The first kappa shape index (κ1) is 32.6. The Balaban J connectivity index is 1.57. The molecule has 1 aliphatic carbocycles. The largest absolute Gasteiger partial charge is 0.456 e. The molecule has 2 unspecified atom stereocenters. The fraction of sp³-hybridized carbons (Fsp3) is 0.306. The number of ether oxygens (including phenoxy) is 1. The standard InChI is InChI=1S/C36H36F3N3O4S/c1-2-3-21-41(23-36(37,38)39)35(43)33-26-15-8-7-14-25(26)27-19-20-30(34(32(27)33)42-22-11-18-31(42)40)47(44,45)29-17-10-9-16-28(29)46-24-12-5-4-6-13-24/h4-10,12-17,19-20,31,33H,2-3,11,18,21-23,40H2,1H3. The number of fused-ring (bicyclic) bond motifs is 3. The van der Waals surface area contributed by atoms with Crippen molar-refractivity contribution in [2.75, 3.05) is 24.5 Å². The molecule has 2 N–H and O–H groups in total. The molecular formula is C36H36F3N3O4S. The van der Waals surface area contributed by atoms with Gasteiger partial charge in [0, 0.05) is 18.7 Å². The first-order valence-electron chi connectivity index (χ1n) is 15.7. The highest BCUT2D eigenvalue weighted by Crippen LogP contribution is 2.53. The van der Waals surface area contributed by atoms with E-state index >= 15 is 0 Å². The van der Waals surface area contributed by atoms with Gasteiger partial charge in [-0.1, -0.05) is 74.0 Å². The fourth-order valence-electron chi connectivity index (χ4n) is 6.61. The number of unbranched alkanes of at least 4 members (excludes halogenated alkanes) is 1. The summed E-state index contributed by atoms with van der Waals surface area (Å²) in [5.41, 5.74) is 9.01. The molecule has 11 heteroatoms. The van der Waals surface area contributed by atoms with Crippen molar-refractivity contribution >= 4 is 21.4 Å². The number of nitrogens with two attached hydrogens (primary N) is 1. The van der Waals surface area contributed by atoms with E-state index in [1.54, 1.807) is 71.6 Å². The number of alkyl halides is 3. The van der Waals surface area contributed by atoms with E-state index in [1.165, 1.54) is 12.1 Å². The van der Waals surface area contributed by atoms with E-state index < -0.39 is 40.5 Å². The van der Waals surface area contributed by atoms with Crippen LogP contribution < -0.4 is 15.4 Å². The molecular weight excluding hydrogens is 627 g/mol. The molecule has 246 valence electrons. The highest BCUT2D eigenvalue weighted by Gasteiger charge is 2.44. The third-order valence-corrected chi connectivity index (χ3v) is 10.6. The van der Waals surface area contributed by atoms with E-state index in [0.29, 0.717) is 60.2 Å². The van der Waals surface area contributed by atoms with E-state index in [1.807, 2.05) is 19.1 Å². The molecule has 2 aliphatic rings. The first-order valence-corrected chi connectivity index (χ1v) is 17.2. The minimum atomic E-state index is -4.61. The summed E-state index contributed by atoms with van der Waals surface area (Å²) in [5.74, 6) is -1.32. The van der Waals surface area contributed by atoms with Crippen LogP contribution in [0, 0.1) is 0 Å². The number of rotatable bonds is 10. The second-order valence-electron chi connectivity index (χ2n) is 11.9. The second kappa shape index (κ2) is 13.0. The first-order chi connectivity index (χ1) is 22.5. The highest BCUT2D eigenvalue weighted by molar-refractivity contribution is 7.91. The Morgan fingerprint density at radius 3 is 2.34 bits per heavy atom. The summed E-state index contributed by atoms with van der Waals surface area (Å²) in [5, 5.41) is 0. The number of hydrogen-bond acceptors (Lipinski definition) is 6. The van der Waals surface area contributed by atoms with Gasteiger partial charge in [0.15, 0.2) is 0 Å². The van der Waals surface area contributed by atoms with Gasteiger partial charge in [-0.25, -0.2) is 8.42 Å². The lowest BCUT2D eigenvalue weighted by atomic mass is 9.93. The normalized spacial score (nSPS) is 17.3. The minimum absolute atomic E-state index is 0.0798. The van der Waals surface area contributed by atoms with Gasteiger partial charge in [0.05, 0.1) is 22.7 Å². The van der Waals surface area contributed by atoms with Gasteiger partial charge < -0.3 is 20.3 Å². The van der Waals surface area contributed by atoms with Crippen LogP contribution in [0.4, 0.5) is 18.9 Å². The Hall–Kier alpha value is -4.35. The summed E-state index contributed by atoms with van der Waals surface area (Å²) in [7, 11) is -4.33. The topological polar surface area (TPSA) is 92.9 Å². The number of nitrogens with zero attached hydrogens (tertiary/aromatic N) is 2. The molecule has 1 saturated heterocycles. The van der Waals surface area contributed by atoms with Crippen LogP contribution in [0.3, 0.4) is 0 Å². The van der Waals surface area contributed by atoms with Crippen LogP contribution in [0.5, 0.6) is 11.5 Å². The number of carbonyl (C=O) groups is 1. The zero-order valence-electron chi connectivity index (χ0n) is 25.9. The molecule has 1 aliphatic heterocycles. The quantitative estimate of drug-likeness (QED) is 0.189. The van der Waals surface area contributed by atoms with Gasteiger partial charge in [-0.2, -0.15) is 13.2 Å². The van der Waals surface area contributed by atoms with Gasteiger partial charge in [0.25, 0.3) is 0 Å². The molecule has 4 aromatic rings. The number of benzene rings is 4. The van der Waals surface area contributed by atoms with Gasteiger partial charge >= 0.3 is 6.18 Å². The molecule has 0 aromatic heterocycles. The number of amides is 1. The lowest BCUT2D eigenvalue weighted by molar-refractivity contribution is -0.161. The molecule has 1 amide bonds. The third-order valence-electron chi connectivity index (χ3n) is 8.73. The van der Waals surface area contributed by atoms with E-state index in [9.17, 15) is 26.4 Å². The van der Waals surface area contributed by atoms with Crippen LogP contribution >= 0.6 is 0 Å². The number of carbonyl (C=O) groups excluding carboxylic acids is 1. The monoisotopic (exact) mass is 663 g/mol. The summed E-state index contributed by atoms with van der Waals surface area (Å²) < 4.78 is 77.1. The zero-order chi connectivity index (χ0) is 33.3. The Bertz CT molecular complexity index is 1880. The molecule has 7 nitrogen and oxygen atoms in total. The number of sulfone groups is 1. The Kier molecular flexibility index (Phi) is 9.04. The molecule has 47 heavy (non-hydrogen) atoms. The van der Waals surface area contributed by atoms with Crippen LogP contribution in [-0.4, -0.2) is 51.2 Å². The van der Waals surface area contributed by atoms with Gasteiger partial charge in [0.1, 0.15) is 22.9 Å². The SMILES string of the molecule is CCCCN(CC(F)(F)F)C(=O)C1c2ccccc2-c2ccc(S(=O)(=O)c3ccccc3Oc3ccccc3)c(N3CCCC3N)c21. The summed E-state index contributed by atoms with van der Waals surface area (Å²) in [4.78, 5) is 16.9. The molecule has 0 spiro atoms. The van der Waals surface area contributed by atoms with Crippen LogP contribution in [0.15, 0.2) is 101 Å². The van der Waals surface area contributed by atoms with Crippen LogP contribution in [-0.2, 0) is 14.6 Å². The lowest BCUT2D eigenvalue weighted by Crippen LogP contribution is -2.43. The maximum absolute atomic E-state index is 14.7. The van der Waals surface area contributed by atoms with Crippen molar-refractivity contribution in [1.82, 2.24) is 4.90 Å². The fourth-order valence-corrected chi connectivity index (χ4v) is 8.21. The summed E-state index contributed by atoms with van der Waals surface area (Å²) >= 11 is 0. The molecule has 0 radical (unpaired) electrons. The maximum atomic E-state index is 14.7. The van der Waals surface area contributed by atoms with Gasteiger partial charge in [-0.3, -0.25) is 4.79 Å². The summed E-state index contributed by atoms with van der Waals surface area (Å²) in [6.45, 7) is 0.783. The van der Waals surface area contributed by atoms with E-state index in [-0.39, 0.29) is 27.8 Å². The minimum Gasteiger partial charge on any atom is -0.456 e. The average Bonchev–Trinajstić information content (AvgIpc) is 3.63. The van der Waals surface area contributed by atoms with Crippen molar-refractivity contribution < 1.29 is 31.1 Å². The van der Waals surface area contributed by atoms with Crippen molar-refractivity contribution in [3.05, 3.63) is 102 Å². The number of halogens is 3. The summed E-state index contributed by atoms with van der Waals surface area (Å²) in [6, 6.07) is 25.3. The van der Waals surface area contributed by atoms with Crippen molar-refractivity contribution in [1.29, 1.82) is 0 Å². The lowest BCUT2D eigenvalue weighted by Gasteiger charge is -2.32. The number of anilines is 1.